The van der Waals surface area contributed by atoms with Crippen molar-refractivity contribution in [2.75, 3.05) is 0 Å². The average Bonchev–Trinajstić information content (AvgIpc) is 3.49. The van der Waals surface area contributed by atoms with E-state index in [1.807, 2.05) is 0 Å². The maximum Gasteiger partial charge on any atom is 4.00 e. The minimum Gasteiger partial charge on any atom is -1.00 e. The molecule has 0 fully saturated rings. The Morgan fingerprint density at radius 2 is 1.03 bits per heavy atom. The summed E-state index contributed by atoms with van der Waals surface area (Å²) >= 11 is 0. The van der Waals surface area contributed by atoms with Crippen molar-refractivity contribution in [2.24, 2.45) is 0 Å². The van der Waals surface area contributed by atoms with Gasteiger partial charge in [-0.05, 0) is 11.1 Å². The van der Waals surface area contributed by atoms with E-state index in [9.17, 15) is 0 Å². The van der Waals surface area contributed by atoms with Gasteiger partial charge in [-0.3, -0.25) is 6.08 Å². The molecule has 34 heavy (non-hydrogen) atoms. The van der Waals surface area contributed by atoms with Crippen LogP contribution >= 0.6 is 0 Å². The monoisotopic (exact) mass is 556 g/mol. The van der Waals surface area contributed by atoms with E-state index in [4.69, 9.17) is 0 Å². The second-order valence-corrected chi connectivity index (χ2v) is 7.81. The molecule has 0 heterocycles. The van der Waals surface area contributed by atoms with Gasteiger partial charge in [0.2, 0.25) is 0 Å². The first-order chi connectivity index (χ1) is 15.4. The first kappa shape index (κ1) is 27.9. The molecule has 0 saturated carbocycles. The van der Waals surface area contributed by atoms with Gasteiger partial charge in [0.05, 0.1) is 0 Å². The van der Waals surface area contributed by atoms with Crippen LogP contribution in [0, 0.1) is 6.08 Å². The molecule has 0 amide bonds. The van der Waals surface area contributed by atoms with Crippen LogP contribution in [-0.4, -0.2) is 0 Å². The maximum atomic E-state index is 3.46. The number of halogens is 2. The van der Waals surface area contributed by atoms with E-state index in [2.05, 4.69) is 133 Å². The fraction of sp³-hybridized carbons (Fsp3) is 0.0645. The largest absolute Gasteiger partial charge is 4.00 e. The van der Waals surface area contributed by atoms with Gasteiger partial charge in [-0.15, -0.1) is 46.2 Å². The molecule has 5 aromatic rings. The van der Waals surface area contributed by atoms with Crippen LogP contribution in [0.15, 0.2) is 133 Å². The molecule has 5 aromatic carbocycles. The minimum absolute atomic E-state index is 0. The van der Waals surface area contributed by atoms with E-state index in [1.165, 1.54) is 38.2 Å². The molecule has 1 aliphatic rings. The van der Waals surface area contributed by atoms with Crippen molar-refractivity contribution in [3.05, 3.63) is 150 Å². The standard InChI is InChI=1S/C18H15.C13H9.2ClH.Zr/c1-3-9-15(10-4-1)18(17-13-7-8-14-17)16-11-5-2-6-12-16;1-3-7-12-10(5-1)9-11-6-2-4-8-13(11)12;;;/h1-7,9-13,18H,8H2;1-9H;2*1H;/q2*-1;;;+4/p-2. The fourth-order valence-corrected chi connectivity index (χ4v) is 4.37. The molecule has 0 radical (unpaired) electrons. The summed E-state index contributed by atoms with van der Waals surface area (Å²) in [5, 5.41) is 5.39. The molecule has 0 nitrogen and oxygen atoms in total. The molecule has 1 aliphatic carbocycles. The van der Waals surface area contributed by atoms with Crippen LogP contribution in [0.2, 0.25) is 0 Å². The third-order valence-electron chi connectivity index (χ3n) is 5.82. The number of hydrogen-bond donors (Lipinski definition) is 0. The number of rotatable bonds is 3. The molecule has 0 atom stereocenters. The first-order valence-electron chi connectivity index (χ1n) is 10.8. The summed E-state index contributed by atoms with van der Waals surface area (Å²) < 4.78 is 0. The minimum atomic E-state index is 0. The molecule has 0 N–H and O–H groups in total. The summed E-state index contributed by atoms with van der Waals surface area (Å²) in [6, 6.07) is 40.6. The van der Waals surface area contributed by atoms with E-state index >= 15 is 0 Å². The average molecular weight is 559 g/mol. The Morgan fingerprint density at radius 1 is 0.588 bits per heavy atom. The van der Waals surface area contributed by atoms with Crippen LogP contribution in [0.4, 0.5) is 0 Å². The topological polar surface area (TPSA) is 0 Å². The van der Waals surface area contributed by atoms with Gasteiger partial charge < -0.3 is 24.8 Å². The summed E-state index contributed by atoms with van der Waals surface area (Å²) in [6.45, 7) is 0. The van der Waals surface area contributed by atoms with Gasteiger partial charge in [0.15, 0.2) is 0 Å². The molecule has 0 saturated heterocycles. The molecular weight excluding hydrogens is 534 g/mol. The number of allylic oxidation sites excluding steroid dienone is 4. The van der Waals surface area contributed by atoms with Gasteiger partial charge in [-0.25, -0.2) is 11.6 Å². The number of benzene rings is 4. The van der Waals surface area contributed by atoms with Crippen molar-refractivity contribution in [1.82, 2.24) is 0 Å². The second-order valence-electron chi connectivity index (χ2n) is 7.81. The third kappa shape index (κ3) is 6.22. The van der Waals surface area contributed by atoms with Crippen LogP contribution in [0.3, 0.4) is 0 Å². The molecule has 0 aromatic heterocycles. The van der Waals surface area contributed by atoms with E-state index in [0.717, 1.165) is 6.42 Å². The van der Waals surface area contributed by atoms with Crippen LogP contribution in [-0.2, 0) is 26.2 Å². The Morgan fingerprint density at radius 3 is 1.47 bits per heavy atom. The van der Waals surface area contributed by atoms with Gasteiger partial charge >= 0.3 is 26.2 Å². The smallest absolute Gasteiger partial charge is 1.00 e. The maximum absolute atomic E-state index is 3.46. The third-order valence-corrected chi connectivity index (χ3v) is 5.82. The van der Waals surface area contributed by atoms with Gasteiger partial charge in [0.25, 0.3) is 0 Å². The van der Waals surface area contributed by atoms with Crippen molar-refractivity contribution in [2.45, 2.75) is 12.3 Å². The number of hydrogen-bond acceptors (Lipinski definition) is 0. The van der Waals surface area contributed by atoms with Crippen LogP contribution in [0.25, 0.3) is 21.5 Å². The second kappa shape index (κ2) is 13.5. The van der Waals surface area contributed by atoms with Crippen molar-refractivity contribution in [3.8, 4) is 0 Å². The van der Waals surface area contributed by atoms with Gasteiger partial charge in [-0.1, -0.05) is 97.1 Å². The zero-order chi connectivity index (χ0) is 20.9. The van der Waals surface area contributed by atoms with Crippen LogP contribution in [0.5, 0.6) is 0 Å². The predicted molar refractivity (Wildman–Crippen MR) is 132 cm³/mol. The Bertz CT molecular complexity index is 1260. The van der Waals surface area contributed by atoms with Gasteiger partial charge in [-0.2, -0.15) is 6.08 Å². The van der Waals surface area contributed by atoms with Gasteiger partial charge in [0, 0.05) is 5.92 Å². The SMILES string of the molecule is [C-]1=C(C(c2ccccc2)c2ccccc2)C=CC1.[Cl-].[Cl-].[Zr+4].c1ccc2c(c1)[cH-]c1ccccc12. The first-order valence-corrected chi connectivity index (χ1v) is 10.8. The predicted octanol–water partition coefficient (Wildman–Crippen LogP) is 2.23. The van der Waals surface area contributed by atoms with Crippen LogP contribution < -0.4 is 24.8 Å². The van der Waals surface area contributed by atoms with E-state index in [-0.39, 0.29) is 51.0 Å². The summed E-state index contributed by atoms with van der Waals surface area (Å²) in [5.74, 6) is 0.311. The Labute approximate surface area is 233 Å². The summed E-state index contributed by atoms with van der Waals surface area (Å²) in [4.78, 5) is 0. The summed E-state index contributed by atoms with van der Waals surface area (Å²) in [5.41, 5.74) is 3.95. The molecule has 0 spiro atoms. The molecule has 0 unspecified atom stereocenters. The molecule has 0 bridgehead atoms. The molecule has 3 heteroatoms. The Balaban J connectivity index is 0.000000229. The van der Waals surface area contributed by atoms with Gasteiger partial charge in [0.1, 0.15) is 0 Å². The summed E-state index contributed by atoms with van der Waals surface area (Å²) in [6.07, 6.45) is 8.77. The zero-order valence-corrected chi connectivity index (χ0v) is 22.6. The molecule has 166 valence electrons. The Kier molecular flexibility index (Phi) is 11.1. The quantitative estimate of drug-likeness (QED) is 0.298. The van der Waals surface area contributed by atoms with E-state index < -0.39 is 0 Å². The fourth-order valence-electron chi connectivity index (χ4n) is 4.37. The van der Waals surface area contributed by atoms with E-state index in [1.54, 1.807) is 0 Å². The van der Waals surface area contributed by atoms with Crippen molar-refractivity contribution >= 4 is 21.5 Å². The molecular formula is C31H24Cl2Zr. The molecule has 6 rings (SSSR count). The van der Waals surface area contributed by atoms with Crippen molar-refractivity contribution in [3.63, 3.8) is 0 Å². The Hall–Kier alpha value is -2.31. The van der Waals surface area contributed by atoms with Crippen LogP contribution in [0.1, 0.15) is 23.5 Å². The zero-order valence-electron chi connectivity index (χ0n) is 18.7. The summed E-state index contributed by atoms with van der Waals surface area (Å²) in [7, 11) is 0. The van der Waals surface area contributed by atoms with E-state index in [0.29, 0.717) is 5.92 Å². The van der Waals surface area contributed by atoms with Crippen molar-refractivity contribution < 1.29 is 51.0 Å². The normalized spacial score (nSPS) is 11.6. The number of fused-ring (bicyclic) bond motifs is 3. The van der Waals surface area contributed by atoms with Crippen molar-refractivity contribution in [1.29, 1.82) is 0 Å². The molecule has 0 aliphatic heterocycles.